The number of amides is 1. The number of rotatable bonds is 7. The Labute approximate surface area is 199 Å². The van der Waals surface area contributed by atoms with Crippen molar-refractivity contribution in [1.82, 2.24) is 25.2 Å². The van der Waals surface area contributed by atoms with Crippen molar-refractivity contribution in [2.45, 2.75) is 25.7 Å². The third-order valence-electron chi connectivity index (χ3n) is 5.78. The maximum Gasteiger partial charge on any atom is 0.253 e. The normalized spacial score (nSPS) is 16.1. The van der Waals surface area contributed by atoms with Gasteiger partial charge in [-0.05, 0) is 49.6 Å². The van der Waals surface area contributed by atoms with Crippen molar-refractivity contribution in [2.24, 2.45) is 0 Å². The fourth-order valence-electron chi connectivity index (χ4n) is 4.10. The van der Waals surface area contributed by atoms with Gasteiger partial charge in [0.2, 0.25) is 0 Å². The summed E-state index contributed by atoms with van der Waals surface area (Å²) in [7, 11) is 1.78. The van der Waals surface area contributed by atoms with Crippen molar-refractivity contribution in [1.29, 1.82) is 5.41 Å². The molecule has 2 aromatic heterocycles. The molecule has 1 fully saturated rings. The number of allylic oxidation sites excluding steroid dienone is 1. The molecule has 174 valence electrons. The molecule has 8 heteroatoms. The topological polar surface area (TPSA) is 107 Å². The molecule has 0 saturated carbocycles. The minimum Gasteiger partial charge on any atom is -0.393 e. The number of carbonyl (C=O) groups is 1. The van der Waals surface area contributed by atoms with Crippen LogP contribution in [-0.4, -0.2) is 52.1 Å². The highest BCUT2D eigenvalue weighted by molar-refractivity contribution is 6.06. The lowest BCUT2D eigenvalue weighted by atomic mass is 9.93. The molecule has 3 heterocycles. The molecule has 0 spiro atoms. The predicted octanol–water partition coefficient (Wildman–Crippen LogP) is 4.15. The molecule has 1 saturated heterocycles. The monoisotopic (exact) mass is 455 g/mol. The molecule has 1 aromatic carbocycles. The molecule has 1 unspecified atom stereocenters. The van der Waals surface area contributed by atoms with E-state index in [1.807, 2.05) is 60.4 Å². The zero-order valence-corrected chi connectivity index (χ0v) is 19.5. The summed E-state index contributed by atoms with van der Waals surface area (Å²) in [4.78, 5) is 28.8. The van der Waals surface area contributed by atoms with Crippen LogP contribution in [0.15, 0.2) is 60.9 Å². The number of carbonyl (C=O) groups excluding carboxylic acids is 1. The maximum absolute atomic E-state index is 13.0. The zero-order valence-electron chi connectivity index (χ0n) is 19.5. The van der Waals surface area contributed by atoms with Crippen LogP contribution in [-0.2, 0) is 0 Å². The Morgan fingerprint density at radius 3 is 2.71 bits per heavy atom. The van der Waals surface area contributed by atoms with Gasteiger partial charge in [-0.2, -0.15) is 0 Å². The molecule has 0 radical (unpaired) electrons. The average molecular weight is 456 g/mol. The SMILES string of the molecule is CN/C=C(\C=N)c1nc(Nc2cc(C)ccn2)cc(C2CCCN(C(=O)c3ccccc3)C2)n1. The fourth-order valence-corrected chi connectivity index (χ4v) is 4.10. The first-order chi connectivity index (χ1) is 16.6. The van der Waals surface area contributed by atoms with E-state index in [0.717, 1.165) is 30.6 Å². The van der Waals surface area contributed by atoms with Crippen LogP contribution in [0.3, 0.4) is 0 Å². The molecular formula is C26H29N7O. The number of aromatic nitrogens is 3. The molecule has 8 nitrogen and oxygen atoms in total. The van der Waals surface area contributed by atoms with Gasteiger partial charge >= 0.3 is 0 Å². The van der Waals surface area contributed by atoms with E-state index in [4.69, 9.17) is 10.4 Å². The van der Waals surface area contributed by atoms with E-state index in [2.05, 4.69) is 20.6 Å². The van der Waals surface area contributed by atoms with Crippen LogP contribution >= 0.6 is 0 Å². The molecule has 1 atom stereocenters. The van der Waals surface area contributed by atoms with E-state index in [1.165, 1.54) is 6.21 Å². The Bertz CT molecular complexity index is 1190. The fraction of sp³-hybridized carbons (Fsp3) is 0.269. The minimum atomic E-state index is 0.0390. The van der Waals surface area contributed by atoms with E-state index in [-0.39, 0.29) is 11.8 Å². The van der Waals surface area contributed by atoms with Crippen molar-refractivity contribution < 1.29 is 4.79 Å². The van der Waals surface area contributed by atoms with Crippen LogP contribution in [0.5, 0.6) is 0 Å². The van der Waals surface area contributed by atoms with Crippen molar-refractivity contribution in [3.63, 3.8) is 0 Å². The number of benzene rings is 1. The second-order valence-electron chi connectivity index (χ2n) is 8.33. The lowest BCUT2D eigenvalue weighted by Gasteiger charge is -2.33. The third-order valence-corrected chi connectivity index (χ3v) is 5.78. The van der Waals surface area contributed by atoms with Crippen LogP contribution in [0, 0.1) is 12.3 Å². The van der Waals surface area contributed by atoms with E-state index >= 15 is 0 Å². The first-order valence-corrected chi connectivity index (χ1v) is 11.4. The molecule has 1 amide bonds. The van der Waals surface area contributed by atoms with Gasteiger partial charge in [-0.3, -0.25) is 4.79 Å². The van der Waals surface area contributed by atoms with Crippen LogP contribution in [0.25, 0.3) is 5.57 Å². The molecule has 1 aliphatic heterocycles. The Balaban J connectivity index is 1.65. The highest BCUT2D eigenvalue weighted by Gasteiger charge is 2.27. The van der Waals surface area contributed by atoms with Crippen LogP contribution in [0.4, 0.5) is 11.6 Å². The maximum atomic E-state index is 13.0. The number of nitrogens with one attached hydrogen (secondary N) is 3. The highest BCUT2D eigenvalue weighted by Crippen LogP contribution is 2.29. The molecule has 0 bridgehead atoms. The number of nitrogens with zero attached hydrogens (tertiary/aromatic N) is 4. The summed E-state index contributed by atoms with van der Waals surface area (Å²) in [5.74, 6) is 1.85. The van der Waals surface area contributed by atoms with Gasteiger partial charge in [0, 0.05) is 56.3 Å². The van der Waals surface area contributed by atoms with Crippen molar-refractivity contribution in [2.75, 3.05) is 25.5 Å². The average Bonchev–Trinajstić information content (AvgIpc) is 2.87. The number of hydrogen-bond donors (Lipinski definition) is 3. The number of pyridine rings is 1. The Morgan fingerprint density at radius 1 is 1.15 bits per heavy atom. The second-order valence-corrected chi connectivity index (χ2v) is 8.33. The zero-order chi connectivity index (χ0) is 23.9. The summed E-state index contributed by atoms with van der Waals surface area (Å²) >= 11 is 0. The number of aryl methyl sites for hydroxylation is 1. The quantitative estimate of drug-likeness (QED) is 0.462. The van der Waals surface area contributed by atoms with E-state index in [1.54, 1.807) is 19.4 Å². The Kier molecular flexibility index (Phi) is 7.27. The molecule has 1 aliphatic rings. The Morgan fingerprint density at radius 2 is 1.97 bits per heavy atom. The molecule has 34 heavy (non-hydrogen) atoms. The summed E-state index contributed by atoms with van der Waals surface area (Å²) in [6.45, 7) is 3.32. The van der Waals surface area contributed by atoms with Gasteiger partial charge in [0.25, 0.3) is 5.91 Å². The number of likely N-dealkylation sites (tertiary alicyclic amines) is 1. The lowest BCUT2D eigenvalue weighted by Crippen LogP contribution is -2.39. The first-order valence-electron chi connectivity index (χ1n) is 11.4. The van der Waals surface area contributed by atoms with Gasteiger partial charge in [0.15, 0.2) is 5.82 Å². The van der Waals surface area contributed by atoms with Crippen molar-refractivity contribution >= 4 is 29.3 Å². The minimum absolute atomic E-state index is 0.0390. The molecule has 3 aromatic rings. The summed E-state index contributed by atoms with van der Waals surface area (Å²) < 4.78 is 0. The molecule has 3 N–H and O–H groups in total. The third kappa shape index (κ3) is 5.46. The Hall–Kier alpha value is -4.07. The molecule has 4 rings (SSSR count). The lowest BCUT2D eigenvalue weighted by molar-refractivity contribution is 0.0706. The summed E-state index contributed by atoms with van der Waals surface area (Å²) in [5, 5.41) is 14.1. The predicted molar refractivity (Wildman–Crippen MR) is 134 cm³/mol. The van der Waals surface area contributed by atoms with Gasteiger partial charge in [0.1, 0.15) is 11.6 Å². The number of piperidine rings is 1. The van der Waals surface area contributed by atoms with E-state index in [9.17, 15) is 4.79 Å². The first kappa shape index (κ1) is 23.1. The van der Waals surface area contributed by atoms with E-state index < -0.39 is 0 Å². The van der Waals surface area contributed by atoms with Crippen LogP contribution in [0.2, 0.25) is 0 Å². The van der Waals surface area contributed by atoms with Crippen LogP contribution in [0.1, 0.15) is 46.2 Å². The summed E-state index contributed by atoms with van der Waals surface area (Å²) in [6.07, 6.45) is 6.50. The van der Waals surface area contributed by atoms with Crippen LogP contribution < -0.4 is 10.6 Å². The molecular weight excluding hydrogens is 426 g/mol. The van der Waals surface area contributed by atoms with Gasteiger partial charge in [-0.15, -0.1) is 0 Å². The van der Waals surface area contributed by atoms with Crippen molar-refractivity contribution in [3.05, 3.63) is 83.6 Å². The van der Waals surface area contributed by atoms with Gasteiger partial charge in [-0.25, -0.2) is 15.0 Å². The van der Waals surface area contributed by atoms with Gasteiger partial charge in [-0.1, -0.05) is 18.2 Å². The smallest absolute Gasteiger partial charge is 0.253 e. The standard InChI is InChI=1S/C26H29N7O/c1-18-10-11-29-23(13-18)31-24-14-22(30-25(32-24)21(15-27)16-28-2)20-9-6-12-33(17-20)26(34)19-7-4-3-5-8-19/h3-5,7-8,10-11,13-16,20,27-28H,6,9,12,17H2,1-2H3,(H,29,30,31,32)/b21-16+,27-15?. The summed E-state index contributed by atoms with van der Waals surface area (Å²) in [5.41, 5.74) is 3.19. The van der Waals surface area contributed by atoms with E-state index in [0.29, 0.717) is 35.1 Å². The van der Waals surface area contributed by atoms with Gasteiger partial charge < -0.3 is 20.9 Å². The number of hydrogen-bond acceptors (Lipinski definition) is 7. The molecule has 0 aliphatic carbocycles. The number of anilines is 2. The largest absolute Gasteiger partial charge is 0.393 e. The highest BCUT2D eigenvalue weighted by atomic mass is 16.2. The van der Waals surface area contributed by atoms with Gasteiger partial charge in [0.05, 0.1) is 11.3 Å². The summed E-state index contributed by atoms with van der Waals surface area (Å²) in [6, 6.07) is 15.2. The van der Waals surface area contributed by atoms with Crippen molar-refractivity contribution in [3.8, 4) is 0 Å². The second kappa shape index (κ2) is 10.7.